The Kier molecular flexibility index (Phi) is 3.19. The Morgan fingerprint density at radius 3 is 2.50 bits per heavy atom. The average Bonchev–Trinajstić information content (AvgIpc) is 2.77. The summed E-state index contributed by atoms with van der Waals surface area (Å²) in [5, 5.41) is 2.83. The maximum Gasteiger partial charge on any atom is 0.289 e. The molecule has 1 aromatic heterocycles. The molecule has 1 aromatic carbocycles. The van der Waals surface area contributed by atoms with Crippen molar-refractivity contribution in [2.75, 3.05) is 0 Å². The second-order valence-corrected chi connectivity index (χ2v) is 5.10. The predicted molar refractivity (Wildman–Crippen MR) is 69.2 cm³/mol. The lowest BCUT2D eigenvalue weighted by Crippen LogP contribution is -2.40. The van der Waals surface area contributed by atoms with E-state index >= 15 is 0 Å². The first-order chi connectivity index (χ1) is 8.46. The molecule has 4 heteroatoms. The smallest absolute Gasteiger partial charge is 0.289 e. The van der Waals surface area contributed by atoms with Gasteiger partial charge in [-0.2, -0.15) is 0 Å². The fraction of sp³-hybridized carbons (Fsp3) is 0.286. The van der Waals surface area contributed by atoms with E-state index in [1.807, 2.05) is 51.1 Å². The highest BCUT2D eigenvalue weighted by molar-refractivity contribution is 5.91. The molecule has 0 aliphatic rings. The lowest BCUT2D eigenvalue weighted by Gasteiger charge is -2.19. The zero-order valence-corrected chi connectivity index (χ0v) is 10.7. The van der Waals surface area contributed by atoms with E-state index in [-0.39, 0.29) is 17.2 Å². The number of hydrogen-bond acceptors (Lipinski definition) is 3. The molecular weight excluding hydrogens is 228 g/mol. The molecule has 0 bridgehead atoms. The fourth-order valence-electron chi connectivity index (χ4n) is 1.50. The number of nitrogens with one attached hydrogen (secondary N) is 1. The van der Waals surface area contributed by atoms with Crippen LogP contribution in [0, 0.1) is 0 Å². The molecule has 94 valence electrons. The second-order valence-electron chi connectivity index (χ2n) is 5.10. The van der Waals surface area contributed by atoms with Gasteiger partial charge < -0.3 is 9.73 Å². The number of oxazole rings is 1. The van der Waals surface area contributed by atoms with Gasteiger partial charge in [0.2, 0.25) is 11.7 Å². The van der Waals surface area contributed by atoms with Crippen molar-refractivity contribution in [2.24, 2.45) is 0 Å². The molecule has 0 aliphatic heterocycles. The molecule has 1 N–H and O–H groups in total. The Morgan fingerprint density at radius 2 is 1.89 bits per heavy atom. The molecule has 0 saturated heterocycles. The molecule has 0 spiro atoms. The van der Waals surface area contributed by atoms with Gasteiger partial charge in [0.15, 0.2) is 0 Å². The molecule has 2 rings (SSSR count). The summed E-state index contributed by atoms with van der Waals surface area (Å²) in [5.41, 5.74) is 0.559. The highest BCUT2D eigenvalue weighted by atomic mass is 16.4. The Balaban J connectivity index is 2.19. The van der Waals surface area contributed by atoms with E-state index in [4.69, 9.17) is 4.42 Å². The number of rotatable bonds is 2. The number of carbonyl (C=O) groups excluding carboxylic acids is 1. The maximum atomic E-state index is 11.9. The largest absolute Gasteiger partial charge is 0.431 e. The van der Waals surface area contributed by atoms with E-state index in [1.54, 1.807) is 0 Å². The van der Waals surface area contributed by atoms with Gasteiger partial charge >= 0.3 is 0 Å². The van der Waals surface area contributed by atoms with E-state index in [2.05, 4.69) is 10.3 Å². The molecule has 0 unspecified atom stereocenters. The number of hydrogen-bond donors (Lipinski definition) is 1. The van der Waals surface area contributed by atoms with Gasteiger partial charge in [0, 0.05) is 11.1 Å². The molecular formula is C14H16N2O2. The Labute approximate surface area is 106 Å². The van der Waals surface area contributed by atoms with Crippen LogP contribution in [0.5, 0.6) is 0 Å². The van der Waals surface area contributed by atoms with Gasteiger partial charge in [-0.25, -0.2) is 4.98 Å². The minimum Gasteiger partial charge on any atom is -0.431 e. The summed E-state index contributed by atoms with van der Waals surface area (Å²) in [6.45, 7) is 5.75. The minimum absolute atomic E-state index is 0.226. The Hall–Kier alpha value is -2.10. The van der Waals surface area contributed by atoms with Crippen LogP contribution in [-0.2, 0) is 0 Å². The summed E-state index contributed by atoms with van der Waals surface area (Å²) >= 11 is 0. The van der Waals surface area contributed by atoms with Gasteiger partial charge in [-0.1, -0.05) is 18.2 Å². The summed E-state index contributed by atoms with van der Waals surface area (Å²) in [5.74, 6) is 0.426. The summed E-state index contributed by atoms with van der Waals surface area (Å²) in [4.78, 5) is 16.0. The predicted octanol–water partition coefficient (Wildman–Crippen LogP) is 2.87. The number of nitrogens with zero attached hydrogens (tertiary/aromatic N) is 1. The molecule has 0 atom stereocenters. The van der Waals surface area contributed by atoms with E-state index in [9.17, 15) is 4.79 Å². The zero-order chi connectivity index (χ0) is 13.2. The SMILES string of the molecule is CC(C)(C)NC(=O)c1cnc(-c2ccccc2)o1. The maximum absolute atomic E-state index is 11.9. The van der Waals surface area contributed by atoms with Crippen molar-refractivity contribution in [3.05, 3.63) is 42.3 Å². The molecule has 0 radical (unpaired) electrons. The number of aromatic nitrogens is 1. The lowest BCUT2D eigenvalue weighted by molar-refractivity contribution is 0.0892. The third-order valence-electron chi connectivity index (χ3n) is 2.24. The average molecular weight is 244 g/mol. The Bertz CT molecular complexity index is 538. The van der Waals surface area contributed by atoms with Gasteiger partial charge in [-0.05, 0) is 32.9 Å². The molecule has 18 heavy (non-hydrogen) atoms. The van der Waals surface area contributed by atoms with Gasteiger partial charge in [-0.3, -0.25) is 4.79 Å². The van der Waals surface area contributed by atoms with Crippen LogP contribution < -0.4 is 5.32 Å². The van der Waals surface area contributed by atoms with Crippen molar-refractivity contribution in [1.29, 1.82) is 0 Å². The van der Waals surface area contributed by atoms with Gasteiger partial charge in [-0.15, -0.1) is 0 Å². The van der Waals surface area contributed by atoms with E-state index in [0.717, 1.165) is 5.56 Å². The third-order valence-corrected chi connectivity index (χ3v) is 2.24. The normalized spacial score (nSPS) is 11.3. The van der Waals surface area contributed by atoms with Crippen LogP contribution in [-0.4, -0.2) is 16.4 Å². The summed E-state index contributed by atoms with van der Waals surface area (Å²) < 4.78 is 5.45. The first-order valence-corrected chi connectivity index (χ1v) is 5.79. The minimum atomic E-state index is -0.295. The van der Waals surface area contributed by atoms with Gasteiger partial charge in [0.25, 0.3) is 5.91 Å². The van der Waals surface area contributed by atoms with Crippen molar-refractivity contribution in [2.45, 2.75) is 26.3 Å². The molecule has 0 aliphatic carbocycles. The standard InChI is InChI=1S/C14H16N2O2/c1-14(2,3)16-12(17)11-9-15-13(18-11)10-7-5-4-6-8-10/h4-9H,1-3H3,(H,16,17). The first kappa shape index (κ1) is 12.4. The van der Waals surface area contributed by atoms with Crippen LogP contribution in [0.2, 0.25) is 0 Å². The van der Waals surface area contributed by atoms with Crippen molar-refractivity contribution in [1.82, 2.24) is 10.3 Å². The third kappa shape index (κ3) is 2.97. The summed E-state index contributed by atoms with van der Waals surface area (Å²) in [7, 11) is 0. The van der Waals surface area contributed by atoms with E-state index in [1.165, 1.54) is 6.20 Å². The fourth-order valence-corrected chi connectivity index (χ4v) is 1.50. The first-order valence-electron chi connectivity index (χ1n) is 5.79. The molecule has 0 fully saturated rings. The molecule has 0 saturated carbocycles. The van der Waals surface area contributed by atoms with Crippen LogP contribution in [0.25, 0.3) is 11.5 Å². The zero-order valence-electron chi connectivity index (χ0n) is 10.7. The van der Waals surface area contributed by atoms with Crippen molar-refractivity contribution >= 4 is 5.91 Å². The molecule has 4 nitrogen and oxygen atoms in total. The summed E-state index contributed by atoms with van der Waals surface area (Å²) in [6.07, 6.45) is 1.45. The van der Waals surface area contributed by atoms with Gasteiger partial charge in [0.05, 0.1) is 6.20 Å². The number of carbonyl (C=O) groups is 1. The van der Waals surface area contributed by atoms with E-state index < -0.39 is 0 Å². The lowest BCUT2D eigenvalue weighted by atomic mass is 10.1. The van der Waals surface area contributed by atoms with Gasteiger partial charge in [0.1, 0.15) is 0 Å². The molecule has 1 heterocycles. The van der Waals surface area contributed by atoms with Crippen LogP contribution >= 0.6 is 0 Å². The summed E-state index contributed by atoms with van der Waals surface area (Å²) in [6, 6.07) is 9.48. The van der Waals surface area contributed by atoms with Crippen LogP contribution in [0.1, 0.15) is 31.3 Å². The van der Waals surface area contributed by atoms with Crippen molar-refractivity contribution in [3.8, 4) is 11.5 Å². The monoisotopic (exact) mass is 244 g/mol. The Morgan fingerprint density at radius 1 is 1.22 bits per heavy atom. The second kappa shape index (κ2) is 4.64. The number of amides is 1. The van der Waals surface area contributed by atoms with Crippen LogP contribution in [0.3, 0.4) is 0 Å². The number of benzene rings is 1. The molecule has 2 aromatic rings. The molecule has 1 amide bonds. The highest BCUT2D eigenvalue weighted by Crippen LogP contribution is 2.18. The van der Waals surface area contributed by atoms with Crippen LogP contribution in [0.15, 0.2) is 40.9 Å². The highest BCUT2D eigenvalue weighted by Gasteiger charge is 2.19. The van der Waals surface area contributed by atoms with E-state index in [0.29, 0.717) is 5.89 Å². The topological polar surface area (TPSA) is 55.1 Å². The van der Waals surface area contributed by atoms with Crippen molar-refractivity contribution < 1.29 is 9.21 Å². The van der Waals surface area contributed by atoms with Crippen molar-refractivity contribution in [3.63, 3.8) is 0 Å². The van der Waals surface area contributed by atoms with Crippen LogP contribution in [0.4, 0.5) is 0 Å². The quantitative estimate of drug-likeness (QED) is 0.883.